The van der Waals surface area contributed by atoms with Crippen LogP contribution in [0.15, 0.2) is 35.3 Å². The first-order chi connectivity index (χ1) is 9.64. The van der Waals surface area contributed by atoms with Gasteiger partial charge in [0.15, 0.2) is 0 Å². The Balaban J connectivity index is 2.37. The molecule has 0 atom stereocenters. The number of nitrogens with zero attached hydrogens (tertiary/aromatic N) is 2. The molecule has 0 aliphatic carbocycles. The van der Waals surface area contributed by atoms with E-state index in [-0.39, 0.29) is 5.75 Å². The van der Waals surface area contributed by atoms with Crippen molar-refractivity contribution >= 4 is 17.1 Å². The van der Waals surface area contributed by atoms with Crippen LogP contribution in [-0.4, -0.2) is 57.0 Å². The maximum Gasteiger partial charge on any atom is 0.141 e. The number of para-hydroxylation sites is 1. The minimum Gasteiger partial charge on any atom is -0.506 e. The molecule has 6 heteroatoms. The standard InChI is InChI=1S/C14H16N2O4/c17-7-14(8-18,9-19)15-6-11-5-4-10-2-1-3-12(20)13(10)16-11/h1-6,17-20H,7-9H2. The highest BCUT2D eigenvalue weighted by Gasteiger charge is 2.26. The fourth-order valence-electron chi connectivity index (χ4n) is 1.69. The summed E-state index contributed by atoms with van der Waals surface area (Å²) in [5, 5.41) is 38.1. The number of aromatic nitrogens is 1. The van der Waals surface area contributed by atoms with Crippen LogP contribution in [-0.2, 0) is 0 Å². The van der Waals surface area contributed by atoms with Gasteiger partial charge in [-0.05, 0) is 12.1 Å². The molecule has 6 nitrogen and oxygen atoms in total. The van der Waals surface area contributed by atoms with E-state index in [1.165, 1.54) is 12.3 Å². The molecule has 0 aliphatic heterocycles. The molecular formula is C14H16N2O4. The van der Waals surface area contributed by atoms with Crippen LogP contribution < -0.4 is 0 Å². The molecule has 4 N–H and O–H groups in total. The molecule has 1 aromatic heterocycles. The molecule has 0 bridgehead atoms. The predicted molar refractivity (Wildman–Crippen MR) is 75.0 cm³/mol. The van der Waals surface area contributed by atoms with Crippen molar-refractivity contribution in [3.63, 3.8) is 0 Å². The second kappa shape index (κ2) is 5.96. The third-order valence-electron chi connectivity index (χ3n) is 3.07. The quantitative estimate of drug-likeness (QED) is 0.578. The molecule has 2 aromatic rings. The number of benzene rings is 1. The number of aliphatic hydroxyl groups excluding tert-OH is 3. The lowest BCUT2D eigenvalue weighted by molar-refractivity contribution is 0.0718. The van der Waals surface area contributed by atoms with Gasteiger partial charge >= 0.3 is 0 Å². The molecule has 0 unspecified atom stereocenters. The Bertz CT molecular complexity index is 615. The molecule has 2 rings (SSSR count). The first-order valence-corrected chi connectivity index (χ1v) is 6.11. The van der Waals surface area contributed by atoms with Crippen LogP contribution in [0.4, 0.5) is 0 Å². The molecule has 106 valence electrons. The predicted octanol–water partition coefficient (Wildman–Crippen LogP) is 0.0750. The van der Waals surface area contributed by atoms with Gasteiger partial charge in [0.25, 0.3) is 0 Å². The zero-order valence-electron chi connectivity index (χ0n) is 10.8. The molecule has 0 spiro atoms. The zero-order valence-corrected chi connectivity index (χ0v) is 10.8. The van der Waals surface area contributed by atoms with Gasteiger partial charge in [-0.15, -0.1) is 0 Å². The maximum absolute atomic E-state index is 9.74. The molecule has 0 radical (unpaired) electrons. The summed E-state index contributed by atoms with van der Waals surface area (Å²) in [7, 11) is 0. The van der Waals surface area contributed by atoms with Crippen molar-refractivity contribution in [1.82, 2.24) is 4.98 Å². The summed E-state index contributed by atoms with van der Waals surface area (Å²) in [4.78, 5) is 8.23. The van der Waals surface area contributed by atoms with Gasteiger partial charge in [-0.1, -0.05) is 18.2 Å². The van der Waals surface area contributed by atoms with Crippen LogP contribution in [0.5, 0.6) is 5.75 Å². The summed E-state index contributed by atoms with van der Waals surface area (Å²) in [6.45, 7) is -1.43. The SMILES string of the molecule is OCC(CO)(CO)N=Cc1ccc2cccc(O)c2n1. The van der Waals surface area contributed by atoms with E-state index in [2.05, 4.69) is 9.98 Å². The average Bonchev–Trinajstić information content (AvgIpc) is 2.50. The number of rotatable bonds is 5. The lowest BCUT2D eigenvalue weighted by Gasteiger charge is -2.21. The average molecular weight is 276 g/mol. The minimum atomic E-state index is -1.32. The summed E-state index contributed by atoms with van der Waals surface area (Å²) in [6.07, 6.45) is 1.36. The summed E-state index contributed by atoms with van der Waals surface area (Å²) >= 11 is 0. The monoisotopic (exact) mass is 276 g/mol. The Morgan fingerprint density at radius 1 is 1.05 bits per heavy atom. The smallest absolute Gasteiger partial charge is 0.141 e. The molecule has 1 aromatic carbocycles. The van der Waals surface area contributed by atoms with Crippen LogP contribution in [0.2, 0.25) is 0 Å². The van der Waals surface area contributed by atoms with Crippen LogP contribution in [0.25, 0.3) is 10.9 Å². The van der Waals surface area contributed by atoms with Crippen molar-refractivity contribution in [2.24, 2.45) is 4.99 Å². The van der Waals surface area contributed by atoms with E-state index in [1.54, 1.807) is 18.2 Å². The molecule has 1 heterocycles. The number of hydrogen-bond acceptors (Lipinski definition) is 6. The molecule has 0 saturated carbocycles. The molecule has 0 fully saturated rings. The largest absolute Gasteiger partial charge is 0.506 e. The van der Waals surface area contributed by atoms with Gasteiger partial charge in [0.2, 0.25) is 0 Å². The van der Waals surface area contributed by atoms with Crippen molar-refractivity contribution < 1.29 is 20.4 Å². The topological polar surface area (TPSA) is 106 Å². The summed E-state index contributed by atoms with van der Waals surface area (Å²) < 4.78 is 0. The van der Waals surface area contributed by atoms with E-state index in [4.69, 9.17) is 0 Å². The van der Waals surface area contributed by atoms with Crippen molar-refractivity contribution in [2.75, 3.05) is 19.8 Å². The van der Waals surface area contributed by atoms with Gasteiger partial charge in [-0.2, -0.15) is 0 Å². The Labute approximate surface area is 115 Å². The fraction of sp³-hybridized carbons (Fsp3) is 0.286. The van der Waals surface area contributed by atoms with Crippen LogP contribution in [0.1, 0.15) is 5.69 Å². The van der Waals surface area contributed by atoms with E-state index < -0.39 is 25.4 Å². The van der Waals surface area contributed by atoms with Crippen molar-refractivity contribution in [3.8, 4) is 5.75 Å². The van der Waals surface area contributed by atoms with E-state index in [9.17, 15) is 20.4 Å². The Morgan fingerprint density at radius 3 is 2.40 bits per heavy atom. The third-order valence-corrected chi connectivity index (χ3v) is 3.07. The highest BCUT2D eigenvalue weighted by molar-refractivity contribution is 5.88. The highest BCUT2D eigenvalue weighted by atomic mass is 16.3. The number of hydrogen-bond donors (Lipinski definition) is 4. The number of aliphatic imine (C=N–C) groups is 1. The lowest BCUT2D eigenvalue weighted by atomic mass is 10.1. The highest BCUT2D eigenvalue weighted by Crippen LogP contribution is 2.22. The van der Waals surface area contributed by atoms with E-state index in [1.807, 2.05) is 6.07 Å². The summed E-state index contributed by atoms with van der Waals surface area (Å²) in [5.74, 6) is 0.0653. The summed E-state index contributed by atoms with van der Waals surface area (Å²) in [5.41, 5.74) is -0.423. The lowest BCUT2D eigenvalue weighted by Crippen LogP contribution is -2.39. The van der Waals surface area contributed by atoms with Crippen molar-refractivity contribution in [2.45, 2.75) is 5.54 Å². The Hall–Kier alpha value is -2.02. The molecular weight excluding hydrogens is 260 g/mol. The van der Waals surface area contributed by atoms with Gasteiger partial charge in [-0.25, -0.2) is 4.98 Å². The van der Waals surface area contributed by atoms with E-state index in [0.29, 0.717) is 11.2 Å². The second-order valence-corrected chi connectivity index (χ2v) is 4.54. The summed E-state index contributed by atoms with van der Waals surface area (Å²) in [6, 6.07) is 8.56. The van der Waals surface area contributed by atoms with Crippen molar-refractivity contribution in [1.29, 1.82) is 0 Å². The third kappa shape index (κ3) is 2.77. The zero-order chi connectivity index (χ0) is 14.6. The van der Waals surface area contributed by atoms with Gasteiger partial charge in [0.05, 0.1) is 25.5 Å². The van der Waals surface area contributed by atoms with Gasteiger partial charge in [0, 0.05) is 11.6 Å². The molecule has 20 heavy (non-hydrogen) atoms. The fourth-order valence-corrected chi connectivity index (χ4v) is 1.69. The second-order valence-electron chi connectivity index (χ2n) is 4.54. The Kier molecular flexibility index (Phi) is 4.29. The normalized spacial score (nSPS) is 12.3. The van der Waals surface area contributed by atoms with Crippen LogP contribution in [0.3, 0.4) is 0 Å². The first-order valence-electron chi connectivity index (χ1n) is 6.11. The number of aliphatic hydroxyl groups is 3. The maximum atomic E-state index is 9.74. The number of phenolic OH excluding ortho intramolecular Hbond substituents is 1. The number of pyridine rings is 1. The van der Waals surface area contributed by atoms with Crippen LogP contribution >= 0.6 is 0 Å². The number of aromatic hydroxyl groups is 1. The molecule has 0 saturated heterocycles. The number of phenols is 1. The first kappa shape index (κ1) is 14.4. The van der Waals surface area contributed by atoms with Gasteiger partial charge in [-0.3, -0.25) is 4.99 Å². The Morgan fingerprint density at radius 2 is 1.75 bits per heavy atom. The number of fused-ring (bicyclic) bond motifs is 1. The van der Waals surface area contributed by atoms with Crippen molar-refractivity contribution in [3.05, 3.63) is 36.0 Å². The minimum absolute atomic E-state index is 0.0653. The van der Waals surface area contributed by atoms with E-state index in [0.717, 1.165) is 5.39 Å². The molecule has 0 aliphatic rings. The van der Waals surface area contributed by atoms with Crippen LogP contribution in [0, 0.1) is 0 Å². The van der Waals surface area contributed by atoms with Gasteiger partial charge in [0.1, 0.15) is 16.8 Å². The van der Waals surface area contributed by atoms with Gasteiger partial charge < -0.3 is 20.4 Å². The van der Waals surface area contributed by atoms with E-state index >= 15 is 0 Å². The molecule has 0 amide bonds.